The van der Waals surface area contributed by atoms with E-state index in [1.807, 2.05) is 0 Å². The molecule has 1 aromatic rings. The lowest BCUT2D eigenvalue weighted by atomic mass is 10.1. The third-order valence-electron chi connectivity index (χ3n) is 2.97. The van der Waals surface area contributed by atoms with E-state index in [1.165, 1.54) is 12.8 Å². The number of carboxylic acids is 1. The number of rotatable bonds is 4. The van der Waals surface area contributed by atoms with Crippen LogP contribution < -0.4 is 10.1 Å². The Kier molecular flexibility index (Phi) is 3.98. The summed E-state index contributed by atoms with van der Waals surface area (Å²) in [6, 6.07) is 7.09. The van der Waals surface area contributed by atoms with Gasteiger partial charge in [0.1, 0.15) is 17.9 Å². The number of hydrogen-bond donors (Lipinski definition) is 2. The third kappa shape index (κ3) is 3.20. The van der Waals surface area contributed by atoms with E-state index in [9.17, 15) is 4.79 Å². The molecule has 1 aromatic carbocycles. The van der Waals surface area contributed by atoms with Gasteiger partial charge in [-0.05, 0) is 31.5 Å². The Bertz CT molecular complexity index is 386. The minimum Gasteiger partial charge on any atom is -0.491 e. The van der Waals surface area contributed by atoms with Gasteiger partial charge in [-0.25, -0.2) is 4.79 Å². The lowest BCUT2D eigenvalue weighted by Crippen LogP contribution is -2.38. The number of piperidine rings is 1. The highest BCUT2D eigenvalue weighted by Crippen LogP contribution is 2.18. The van der Waals surface area contributed by atoms with Crippen molar-refractivity contribution in [1.29, 1.82) is 0 Å². The van der Waals surface area contributed by atoms with Gasteiger partial charge in [-0.3, -0.25) is 0 Å². The molecule has 1 atom stereocenters. The Balaban J connectivity index is 1.96. The molecule has 1 unspecified atom stereocenters. The van der Waals surface area contributed by atoms with Crippen molar-refractivity contribution in [3.63, 3.8) is 0 Å². The molecular weight excluding hydrogens is 218 g/mol. The van der Waals surface area contributed by atoms with Gasteiger partial charge in [-0.15, -0.1) is 0 Å². The van der Waals surface area contributed by atoms with Crippen LogP contribution in [0.2, 0.25) is 0 Å². The van der Waals surface area contributed by atoms with Gasteiger partial charge in [-0.1, -0.05) is 18.6 Å². The van der Waals surface area contributed by atoms with Crippen molar-refractivity contribution in [2.24, 2.45) is 0 Å². The van der Waals surface area contributed by atoms with E-state index in [0.717, 1.165) is 13.0 Å². The average Bonchev–Trinajstić information content (AvgIpc) is 2.38. The van der Waals surface area contributed by atoms with Crippen LogP contribution in [0.15, 0.2) is 24.3 Å². The van der Waals surface area contributed by atoms with Crippen LogP contribution in [-0.2, 0) is 0 Å². The Morgan fingerprint density at radius 2 is 2.24 bits per heavy atom. The fourth-order valence-corrected chi connectivity index (χ4v) is 2.03. The van der Waals surface area contributed by atoms with Crippen molar-refractivity contribution < 1.29 is 14.6 Å². The van der Waals surface area contributed by atoms with Crippen molar-refractivity contribution >= 4 is 5.97 Å². The summed E-state index contributed by atoms with van der Waals surface area (Å²) in [5.41, 5.74) is 0.225. The number of para-hydroxylation sites is 1. The molecule has 0 bridgehead atoms. The summed E-state index contributed by atoms with van der Waals surface area (Å²) in [5, 5.41) is 12.4. The molecule has 1 saturated heterocycles. The monoisotopic (exact) mass is 235 g/mol. The van der Waals surface area contributed by atoms with E-state index >= 15 is 0 Å². The topological polar surface area (TPSA) is 58.6 Å². The minimum absolute atomic E-state index is 0.225. The lowest BCUT2D eigenvalue weighted by molar-refractivity contribution is 0.0691. The van der Waals surface area contributed by atoms with E-state index in [1.54, 1.807) is 24.3 Å². The van der Waals surface area contributed by atoms with Crippen LogP contribution in [0.25, 0.3) is 0 Å². The third-order valence-corrected chi connectivity index (χ3v) is 2.97. The van der Waals surface area contributed by atoms with Crippen molar-refractivity contribution in [2.45, 2.75) is 25.3 Å². The first kappa shape index (κ1) is 11.9. The maximum atomic E-state index is 11.0. The van der Waals surface area contributed by atoms with Crippen LogP contribution in [0.4, 0.5) is 0 Å². The second kappa shape index (κ2) is 5.68. The molecule has 0 aliphatic carbocycles. The van der Waals surface area contributed by atoms with Crippen molar-refractivity contribution in [3.8, 4) is 5.75 Å². The summed E-state index contributed by atoms with van der Waals surface area (Å²) >= 11 is 0. The molecule has 17 heavy (non-hydrogen) atoms. The highest BCUT2D eigenvalue weighted by Gasteiger charge is 2.15. The molecular formula is C13H17NO3. The number of carboxylic acid groups (broad SMARTS) is 1. The van der Waals surface area contributed by atoms with Crippen LogP contribution in [-0.4, -0.2) is 30.3 Å². The minimum atomic E-state index is -0.947. The maximum Gasteiger partial charge on any atom is 0.339 e. The predicted octanol–water partition coefficient (Wildman–Crippen LogP) is 1.91. The Morgan fingerprint density at radius 3 is 2.94 bits per heavy atom. The SMILES string of the molecule is O=C(O)c1ccccc1OCC1CCCCN1. The molecule has 0 saturated carbocycles. The number of carbonyl (C=O) groups is 1. The summed E-state index contributed by atoms with van der Waals surface area (Å²) in [7, 11) is 0. The summed E-state index contributed by atoms with van der Waals surface area (Å²) in [6.07, 6.45) is 3.51. The zero-order valence-electron chi connectivity index (χ0n) is 9.69. The van der Waals surface area contributed by atoms with Crippen LogP contribution in [0.1, 0.15) is 29.6 Å². The van der Waals surface area contributed by atoms with Gasteiger partial charge in [0, 0.05) is 6.04 Å². The number of hydrogen-bond acceptors (Lipinski definition) is 3. The van der Waals surface area contributed by atoms with Gasteiger partial charge in [-0.2, -0.15) is 0 Å². The van der Waals surface area contributed by atoms with E-state index < -0.39 is 5.97 Å². The zero-order valence-corrected chi connectivity index (χ0v) is 9.69. The van der Waals surface area contributed by atoms with Crippen molar-refractivity contribution in [1.82, 2.24) is 5.32 Å². The second-order valence-electron chi connectivity index (χ2n) is 4.26. The predicted molar refractivity (Wildman–Crippen MR) is 64.5 cm³/mol. The van der Waals surface area contributed by atoms with Crippen LogP contribution in [0, 0.1) is 0 Å². The Morgan fingerprint density at radius 1 is 1.41 bits per heavy atom. The van der Waals surface area contributed by atoms with Gasteiger partial charge >= 0.3 is 5.97 Å². The molecule has 0 radical (unpaired) electrons. The van der Waals surface area contributed by atoms with Gasteiger partial charge in [0.05, 0.1) is 0 Å². The van der Waals surface area contributed by atoms with E-state index in [-0.39, 0.29) is 5.56 Å². The van der Waals surface area contributed by atoms with Gasteiger partial charge in [0.25, 0.3) is 0 Å². The summed E-state index contributed by atoms with van der Waals surface area (Å²) in [4.78, 5) is 11.0. The summed E-state index contributed by atoms with van der Waals surface area (Å²) in [5.74, 6) is -0.496. The number of nitrogens with one attached hydrogen (secondary N) is 1. The first-order chi connectivity index (χ1) is 8.27. The molecule has 92 valence electrons. The summed E-state index contributed by atoms with van der Waals surface area (Å²) in [6.45, 7) is 1.55. The van der Waals surface area contributed by atoms with Crippen LogP contribution in [0.3, 0.4) is 0 Å². The highest BCUT2D eigenvalue weighted by atomic mass is 16.5. The maximum absolute atomic E-state index is 11.0. The molecule has 1 fully saturated rings. The molecule has 4 heteroatoms. The number of aromatic carboxylic acids is 1. The van der Waals surface area contributed by atoms with Crippen molar-refractivity contribution in [2.75, 3.05) is 13.2 Å². The van der Waals surface area contributed by atoms with Crippen molar-refractivity contribution in [3.05, 3.63) is 29.8 Å². The smallest absolute Gasteiger partial charge is 0.339 e. The molecule has 4 nitrogen and oxygen atoms in total. The van der Waals surface area contributed by atoms with E-state index in [2.05, 4.69) is 5.32 Å². The molecule has 1 aliphatic rings. The van der Waals surface area contributed by atoms with Gasteiger partial charge in [0.2, 0.25) is 0 Å². The largest absolute Gasteiger partial charge is 0.491 e. The first-order valence-electron chi connectivity index (χ1n) is 5.96. The normalized spacial score (nSPS) is 19.9. The van der Waals surface area contributed by atoms with Gasteiger partial charge in [0.15, 0.2) is 0 Å². The molecule has 0 spiro atoms. The second-order valence-corrected chi connectivity index (χ2v) is 4.26. The highest BCUT2D eigenvalue weighted by molar-refractivity contribution is 5.90. The lowest BCUT2D eigenvalue weighted by Gasteiger charge is -2.23. The standard InChI is InChI=1S/C13H17NO3/c15-13(16)11-6-1-2-7-12(11)17-9-10-5-3-4-8-14-10/h1-2,6-7,10,14H,3-5,8-9H2,(H,15,16). The fraction of sp³-hybridized carbons (Fsp3) is 0.462. The number of benzene rings is 1. The average molecular weight is 235 g/mol. The molecule has 0 aromatic heterocycles. The van der Waals surface area contributed by atoms with Crippen LogP contribution in [0.5, 0.6) is 5.75 Å². The quantitative estimate of drug-likeness (QED) is 0.837. The Labute approximate surface area is 101 Å². The molecule has 2 N–H and O–H groups in total. The molecule has 1 aliphatic heterocycles. The van der Waals surface area contributed by atoms with E-state index in [0.29, 0.717) is 18.4 Å². The first-order valence-corrected chi connectivity index (χ1v) is 5.96. The molecule has 0 amide bonds. The molecule has 1 heterocycles. The summed E-state index contributed by atoms with van der Waals surface area (Å²) < 4.78 is 5.59. The van der Waals surface area contributed by atoms with E-state index in [4.69, 9.17) is 9.84 Å². The van der Waals surface area contributed by atoms with Crippen LogP contribution >= 0.6 is 0 Å². The van der Waals surface area contributed by atoms with Gasteiger partial charge < -0.3 is 15.2 Å². The molecule has 2 rings (SSSR count). The number of ether oxygens (including phenoxy) is 1. The zero-order chi connectivity index (χ0) is 12.1. The Hall–Kier alpha value is -1.55. The fourth-order valence-electron chi connectivity index (χ4n) is 2.03.